The molecule has 0 unspecified atom stereocenters. The van der Waals surface area contributed by atoms with Crippen molar-refractivity contribution in [2.45, 2.75) is 45.1 Å². The largest absolute Gasteiger partial charge is 0.357 e. The lowest BCUT2D eigenvalue weighted by Crippen LogP contribution is -2.35. The molecule has 5 heteroatoms. The molecule has 0 amide bonds. The van der Waals surface area contributed by atoms with E-state index in [1.807, 2.05) is 7.05 Å². The van der Waals surface area contributed by atoms with Gasteiger partial charge >= 0.3 is 0 Å². The Hall–Kier alpha value is -1.36. The van der Waals surface area contributed by atoms with Gasteiger partial charge in [-0.05, 0) is 43.0 Å². The highest BCUT2D eigenvalue weighted by molar-refractivity contribution is 7.16. The van der Waals surface area contributed by atoms with Gasteiger partial charge in [-0.3, -0.25) is 0 Å². The topological polar surface area (TPSA) is 41.1 Å². The lowest BCUT2D eigenvalue weighted by Gasteiger charge is -2.35. The monoisotopic (exact) mass is 304 g/mol. The SMILES string of the molecule is CCC1CCC(N(C)c2nc(NC)nc3sccc23)CC1. The third-order valence-corrected chi connectivity index (χ3v) is 5.61. The van der Waals surface area contributed by atoms with Gasteiger partial charge in [-0.1, -0.05) is 13.3 Å². The molecule has 2 aromatic rings. The highest BCUT2D eigenvalue weighted by atomic mass is 32.1. The number of hydrogen-bond donors (Lipinski definition) is 1. The Labute approximate surface area is 130 Å². The number of hydrogen-bond acceptors (Lipinski definition) is 5. The molecule has 0 spiro atoms. The van der Waals surface area contributed by atoms with Crippen LogP contribution in [0.1, 0.15) is 39.0 Å². The molecule has 21 heavy (non-hydrogen) atoms. The maximum atomic E-state index is 4.72. The maximum absolute atomic E-state index is 4.72. The van der Waals surface area contributed by atoms with E-state index in [2.05, 4.69) is 40.6 Å². The van der Waals surface area contributed by atoms with Crippen LogP contribution in [0, 0.1) is 5.92 Å². The van der Waals surface area contributed by atoms with E-state index >= 15 is 0 Å². The minimum Gasteiger partial charge on any atom is -0.357 e. The zero-order valence-electron chi connectivity index (χ0n) is 13.1. The summed E-state index contributed by atoms with van der Waals surface area (Å²) in [6.45, 7) is 2.31. The summed E-state index contributed by atoms with van der Waals surface area (Å²) in [4.78, 5) is 12.7. The van der Waals surface area contributed by atoms with Crippen molar-refractivity contribution in [1.82, 2.24) is 9.97 Å². The van der Waals surface area contributed by atoms with Gasteiger partial charge in [-0.25, -0.2) is 4.98 Å². The Bertz CT molecular complexity index is 601. The van der Waals surface area contributed by atoms with Crippen LogP contribution in [0.15, 0.2) is 11.4 Å². The molecule has 1 aliphatic carbocycles. The molecule has 3 rings (SSSR count). The van der Waals surface area contributed by atoms with Crippen LogP contribution in [0.2, 0.25) is 0 Å². The smallest absolute Gasteiger partial charge is 0.225 e. The first kappa shape index (κ1) is 14.6. The Morgan fingerprint density at radius 2 is 2.05 bits per heavy atom. The van der Waals surface area contributed by atoms with Crippen molar-refractivity contribution in [2.24, 2.45) is 5.92 Å². The van der Waals surface area contributed by atoms with Gasteiger partial charge in [0.2, 0.25) is 5.95 Å². The summed E-state index contributed by atoms with van der Waals surface area (Å²) in [5, 5.41) is 6.36. The van der Waals surface area contributed by atoms with Crippen LogP contribution in [0.25, 0.3) is 10.2 Å². The number of aromatic nitrogens is 2. The molecule has 0 aromatic carbocycles. The van der Waals surface area contributed by atoms with Crippen molar-refractivity contribution < 1.29 is 0 Å². The number of nitrogens with one attached hydrogen (secondary N) is 1. The maximum Gasteiger partial charge on any atom is 0.225 e. The molecule has 1 aliphatic rings. The standard InChI is InChI=1S/C16H24N4S/c1-4-11-5-7-12(8-6-11)20(3)14-13-9-10-21-15(13)19-16(17-2)18-14/h9-12H,4-8H2,1-3H3,(H,17,18,19). The molecule has 0 aliphatic heterocycles. The molecular formula is C16H24N4S. The minimum atomic E-state index is 0.607. The quantitative estimate of drug-likeness (QED) is 0.921. The van der Waals surface area contributed by atoms with Crippen LogP contribution in [0.3, 0.4) is 0 Å². The van der Waals surface area contributed by atoms with Gasteiger partial charge < -0.3 is 10.2 Å². The summed E-state index contributed by atoms with van der Waals surface area (Å²) in [6.07, 6.45) is 6.58. The van der Waals surface area contributed by atoms with Gasteiger partial charge in [-0.2, -0.15) is 4.98 Å². The van der Waals surface area contributed by atoms with Crippen LogP contribution in [-0.4, -0.2) is 30.1 Å². The number of thiophene rings is 1. The fraction of sp³-hybridized carbons (Fsp3) is 0.625. The van der Waals surface area contributed by atoms with Crippen LogP contribution in [0.4, 0.5) is 11.8 Å². The molecule has 0 radical (unpaired) electrons. The summed E-state index contributed by atoms with van der Waals surface area (Å²) in [6, 6.07) is 2.75. The van der Waals surface area contributed by atoms with E-state index in [-0.39, 0.29) is 0 Å². The zero-order chi connectivity index (χ0) is 14.8. The molecule has 4 nitrogen and oxygen atoms in total. The van der Waals surface area contributed by atoms with Gasteiger partial charge in [0, 0.05) is 20.1 Å². The average molecular weight is 304 g/mol. The van der Waals surface area contributed by atoms with Crippen LogP contribution < -0.4 is 10.2 Å². The van der Waals surface area contributed by atoms with E-state index in [4.69, 9.17) is 4.98 Å². The molecule has 1 fully saturated rings. The average Bonchev–Trinajstić information content (AvgIpc) is 3.01. The van der Waals surface area contributed by atoms with Crippen molar-refractivity contribution in [3.05, 3.63) is 11.4 Å². The van der Waals surface area contributed by atoms with E-state index in [1.165, 1.54) is 37.5 Å². The minimum absolute atomic E-state index is 0.607. The Morgan fingerprint density at radius 1 is 1.29 bits per heavy atom. The van der Waals surface area contributed by atoms with Gasteiger partial charge in [0.15, 0.2) is 0 Å². The van der Waals surface area contributed by atoms with Crippen molar-refractivity contribution in [1.29, 1.82) is 0 Å². The summed E-state index contributed by atoms with van der Waals surface area (Å²) < 4.78 is 0. The van der Waals surface area contributed by atoms with Crippen molar-refractivity contribution >= 4 is 33.3 Å². The number of rotatable bonds is 4. The van der Waals surface area contributed by atoms with Gasteiger partial charge in [0.25, 0.3) is 0 Å². The fourth-order valence-electron chi connectivity index (χ4n) is 3.33. The molecule has 1 saturated carbocycles. The molecule has 1 N–H and O–H groups in total. The molecule has 114 valence electrons. The van der Waals surface area contributed by atoms with Gasteiger partial charge in [0.05, 0.1) is 5.39 Å². The van der Waals surface area contributed by atoms with Crippen molar-refractivity contribution in [3.8, 4) is 0 Å². The van der Waals surface area contributed by atoms with Crippen molar-refractivity contribution in [3.63, 3.8) is 0 Å². The number of nitrogens with zero attached hydrogens (tertiary/aromatic N) is 3. The number of anilines is 2. The third-order valence-electron chi connectivity index (χ3n) is 4.80. The lowest BCUT2D eigenvalue weighted by atomic mass is 9.84. The highest BCUT2D eigenvalue weighted by Crippen LogP contribution is 2.34. The first-order chi connectivity index (χ1) is 10.2. The van der Waals surface area contributed by atoms with E-state index in [1.54, 1.807) is 11.3 Å². The summed E-state index contributed by atoms with van der Waals surface area (Å²) >= 11 is 1.68. The molecule has 0 bridgehead atoms. The van der Waals surface area contributed by atoms with E-state index < -0.39 is 0 Å². The molecule has 2 heterocycles. The third kappa shape index (κ3) is 2.84. The predicted molar refractivity (Wildman–Crippen MR) is 91.4 cm³/mol. The lowest BCUT2D eigenvalue weighted by molar-refractivity contribution is 0.313. The summed E-state index contributed by atoms with van der Waals surface area (Å²) in [5.74, 6) is 2.72. The zero-order valence-corrected chi connectivity index (χ0v) is 13.9. The van der Waals surface area contributed by atoms with Gasteiger partial charge in [-0.15, -0.1) is 11.3 Å². The van der Waals surface area contributed by atoms with E-state index in [0.717, 1.165) is 16.6 Å². The Kier molecular flexibility index (Phi) is 4.29. The van der Waals surface area contributed by atoms with Gasteiger partial charge in [0.1, 0.15) is 10.6 Å². The molecule has 0 atom stereocenters. The van der Waals surface area contributed by atoms with Crippen LogP contribution >= 0.6 is 11.3 Å². The normalized spacial score (nSPS) is 22.4. The molecular weight excluding hydrogens is 280 g/mol. The first-order valence-corrected chi connectivity index (χ1v) is 8.76. The fourth-order valence-corrected chi connectivity index (χ4v) is 4.09. The van der Waals surface area contributed by atoms with E-state index in [0.29, 0.717) is 12.0 Å². The Morgan fingerprint density at radius 3 is 2.71 bits per heavy atom. The first-order valence-electron chi connectivity index (χ1n) is 7.88. The second-order valence-corrected chi connectivity index (χ2v) is 6.85. The number of fused-ring (bicyclic) bond motifs is 1. The van der Waals surface area contributed by atoms with Crippen molar-refractivity contribution in [2.75, 3.05) is 24.3 Å². The highest BCUT2D eigenvalue weighted by Gasteiger charge is 2.25. The van der Waals surface area contributed by atoms with Crippen LogP contribution in [-0.2, 0) is 0 Å². The van der Waals surface area contributed by atoms with Crippen LogP contribution in [0.5, 0.6) is 0 Å². The second kappa shape index (κ2) is 6.18. The predicted octanol–water partition coefficient (Wildman–Crippen LogP) is 4.14. The second-order valence-electron chi connectivity index (χ2n) is 5.95. The summed E-state index contributed by atoms with van der Waals surface area (Å²) in [5.41, 5.74) is 0. The molecule has 2 aromatic heterocycles. The molecule has 0 saturated heterocycles. The van der Waals surface area contributed by atoms with E-state index in [9.17, 15) is 0 Å². The Balaban J connectivity index is 1.87. The summed E-state index contributed by atoms with van der Waals surface area (Å²) in [7, 11) is 4.07.